The fourth-order valence-corrected chi connectivity index (χ4v) is 1.85. The smallest absolute Gasteiger partial charge is 0.119 e. The van der Waals surface area contributed by atoms with Crippen LogP contribution in [0.15, 0.2) is 0 Å². The maximum atomic E-state index is 12.7. The lowest BCUT2D eigenvalue weighted by Gasteiger charge is -2.22. The van der Waals surface area contributed by atoms with E-state index in [-0.39, 0.29) is 5.54 Å². The molecule has 3 heteroatoms. The van der Waals surface area contributed by atoms with Crippen LogP contribution in [-0.2, 0) is 4.79 Å². The summed E-state index contributed by atoms with van der Waals surface area (Å²) in [5, 5.41) is 3.21. The zero-order valence-electron chi connectivity index (χ0n) is 10.2. The molecule has 2 atom stereocenters. The monoisotopic (exact) mass is 217 g/mol. The number of unbranched alkanes of at least 4 members (excludes halogenated alkanes) is 1. The van der Waals surface area contributed by atoms with E-state index in [2.05, 4.69) is 19.2 Å². The predicted octanol–water partition coefficient (Wildman–Crippen LogP) is 2.86. The van der Waals surface area contributed by atoms with Gasteiger partial charge in [0, 0.05) is 18.5 Å². The van der Waals surface area contributed by atoms with E-state index < -0.39 is 6.17 Å². The van der Waals surface area contributed by atoms with E-state index in [1.165, 1.54) is 0 Å². The van der Waals surface area contributed by atoms with Crippen molar-refractivity contribution in [3.63, 3.8) is 0 Å². The van der Waals surface area contributed by atoms with Crippen molar-refractivity contribution < 1.29 is 9.18 Å². The Bertz CT molecular complexity index is 171. The summed E-state index contributed by atoms with van der Waals surface area (Å²) in [6.45, 7) is 6.78. The minimum Gasteiger partial charge on any atom is -0.309 e. The fourth-order valence-electron chi connectivity index (χ4n) is 1.85. The van der Waals surface area contributed by atoms with Gasteiger partial charge in [-0.25, -0.2) is 4.39 Å². The van der Waals surface area contributed by atoms with Crippen LogP contribution in [0, 0.1) is 0 Å². The lowest BCUT2D eigenvalue weighted by atomic mass is 9.94. The summed E-state index contributed by atoms with van der Waals surface area (Å²) in [4.78, 5) is 9.40. The Labute approximate surface area is 92.6 Å². The molecule has 0 aromatic rings. The summed E-state index contributed by atoms with van der Waals surface area (Å²) >= 11 is 0. The highest BCUT2D eigenvalue weighted by molar-refractivity contribution is 5.48. The molecule has 1 fully saturated rings. The quantitative estimate of drug-likeness (QED) is 0.734. The van der Waals surface area contributed by atoms with E-state index in [0.717, 1.165) is 25.5 Å². The standard InChI is InChI=1S/C8H16FN.C4H8O/c1-3-4-8(2)5-7(9)6-10-8;1-2-3-4-5/h7,10H,3-6H2,1-2H3;4H,2-3H2,1H3. The molecule has 1 heterocycles. The number of halogens is 1. The third kappa shape index (κ3) is 6.61. The van der Waals surface area contributed by atoms with Crippen LogP contribution in [0.3, 0.4) is 0 Å². The molecule has 2 nitrogen and oxygen atoms in total. The van der Waals surface area contributed by atoms with Gasteiger partial charge >= 0.3 is 0 Å². The van der Waals surface area contributed by atoms with Gasteiger partial charge < -0.3 is 10.1 Å². The molecule has 0 amide bonds. The summed E-state index contributed by atoms with van der Waals surface area (Å²) < 4.78 is 12.7. The number of carbonyl (C=O) groups excluding carboxylic acids is 1. The molecule has 0 bridgehead atoms. The van der Waals surface area contributed by atoms with Crippen molar-refractivity contribution in [2.45, 2.75) is 64.6 Å². The average molecular weight is 217 g/mol. The normalized spacial score (nSPS) is 29.5. The first-order valence-electron chi connectivity index (χ1n) is 5.90. The molecule has 90 valence electrons. The Hall–Kier alpha value is -0.440. The highest BCUT2D eigenvalue weighted by Gasteiger charge is 2.33. The zero-order valence-corrected chi connectivity index (χ0v) is 10.2. The maximum absolute atomic E-state index is 12.7. The van der Waals surface area contributed by atoms with Crippen LogP contribution in [0.5, 0.6) is 0 Å². The van der Waals surface area contributed by atoms with E-state index in [9.17, 15) is 9.18 Å². The van der Waals surface area contributed by atoms with Crippen molar-refractivity contribution in [1.29, 1.82) is 0 Å². The largest absolute Gasteiger partial charge is 0.309 e. The van der Waals surface area contributed by atoms with E-state index >= 15 is 0 Å². The third-order valence-electron chi connectivity index (χ3n) is 2.63. The first-order valence-corrected chi connectivity index (χ1v) is 5.90. The first kappa shape index (κ1) is 14.6. The summed E-state index contributed by atoms with van der Waals surface area (Å²) in [6, 6.07) is 0. The Morgan fingerprint density at radius 2 is 2.13 bits per heavy atom. The van der Waals surface area contributed by atoms with Gasteiger partial charge in [-0.15, -0.1) is 0 Å². The summed E-state index contributed by atoms with van der Waals surface area (Å²) in [5.41, 5.74) is 0.0914. The molecule has 0 aliphatic carbocycles. The predicted molar refractivity (Wildman–Crippen MR) is 61.8 cm³/mol. The third-order valence-corrected chi connectivity index (χ3v) is 2.63. The average Bonchev–Trinajstić information content (AvgIpc) is 2.49. The number of nitrogens with one attached hydrogen (secondary N) is 1. The van der Waals surface area contributed by atoms with Crippen molar-refractivity contribution >= 4 is 6.29 Å². The molecular weight excluding hydrogens is 193 g/mol. The highest BCUT2D eigenvalue weighted by atomic mass is 19.1. The van der Waals surface area contributed by atoms with E-state index in [0.29, 0.717) is 19.4 Å². The van der Waals surface area contributed by atoms with Crippen molar-refractivity contribution in [1.82, 2.24) is 5.32 Å². The molecule has 2 unspecified atom stereocenters. The first-order chi connectivity index (χ1) is 7.08. The fraction of sp³-hybridized carbons (Fsp3) is 0.917. The number of aldehydes is 1. The lowest BCUT2D eigenvalue weighted by molar-refractivity contribution is -0.107. The van der Waals surface area contributed by atoms with Gasteiger partial charge in [-0.05, 0) is 26.2 Å². The van der Waals surface area contributed by atoms with Crippen molar-refractivity contribution in [2.24, 2.45) is 0 Å². The molecule has 1 N–H and O–H groups in total. The minimum atomic E-state index is -0.614. The number of alkyl halides is 1. The van der Waals surface area contributed by atoms with Gasteiger partial charge in [0.15, 0.2) is 0 Å². The second kappa shape index (κ2) is 7.80. The van der Waals surface area contributed by atoms with Crippen LogP contribution in [-0.4, -0.2) is 24.5 Å². The Morgan fingerprint density at radius 3 is 2.40 bits per heavy atom. The Morgan fingerprint density at radius 1 is 1.47 bits per heavy atom. The lowest BCUT2D eigenvalue weighted by Crippen LogP contribution is -2.35. The summed E-state index contributed by atoms with van der Waals surface area (Å²) in [7, 11) is 0. The van der Waals surface area contributed by atoms with Gasteiger partial charge in [0.25, 0.3) is 0 Å². The van der Waals surface area contributed by atoms with E-state index in [1.807, 2.05) is 6.92 Å². The maximum Gasteiger partial charge on any atom is 0.119 e. The van der Waals surface area contributed by atoms with Crippen LogP contribution in [0.4, 0.5) is 4.39 Å². The van der Waals surface area contributed by atoms with Gasteiger partial charge in [0.05, 0.1) is 0 Å². The molecule has 0 radical (unpaired) electrons. The summed E-state index contributed by atoms with van der Waals surface area (Å²) in [6.07, 6.45) is 4.92. The van der Waals surface area contributed by atoms with Gasteiger partial charge in [-0.1, -0.05) is 20.3 Å². The van der Waals surface area contributed by atoms with Gasteiger partial charge in [0.1, 0.15) is 12.5 Å². The Kier molecular flexibility index (Phi) is 7.57. The summed E-state index contributed by atoms with van der Waals surface area (Å²) in [5.74, 6) is 0. The topological polar surface area (TPSA) is 29.1 Å². The van der Waals surface area contributed by atoms with Crippen LogP contribution >= 0.6 is 0 Å². The van der Waals surface area contributed by atoms with Gasteiger partial charge in [0.2, 0.25) is 0 Å². The molecule has 1 aliphatic rings. The van der Waals surface area contributed by atoms with Crippen LogP contribution in [0.2, 0.25) is 0 Å². The molecular formula is C12H24FNO. The van der Waals surface area contributed by atoms with Gasteiger partial charge in [-0.3, -0.25) is 0 Å². The Balaban J connectivity index is 0.000000336. The molecule has 15 heavy (non-hydrogen) atoms. The second-order valence-electron chi connectivity index (χ2n) is 4.45. The highest BCUT2D eigenvalue weighted by Crippen LogP contribution is 2.25. The number of rotatable bonds is 4. The van der Waals surface area contributed by atoms with Crippen molar-refractivity contribution in [3.05, 3.63) is 0 Å². The van der Waals surface area contributed by atoms with E-state index in [4.69, 9.17) is 0 Å². The van der Waals surface area contributed by atoms with Crippen LogP contribution in [0.1, 0.15) is 52.9 Å². The molecule has 0 aromatic heterocycles. The molecule has 1 saturated heterocycles. The van der Waals surface area contributed by atoms with Crippen molar-refractivity contribution in [3.8, 4) is 0 Å². The molecule has 1 aliphatic heterocycles. The molecule has 0 saturated carbocycles. The van der Waals surface area contributed by atoms with E-state index in [1.54, 1.807) is 0 Å². The number of hydrogen-bond acceptors (Lipinski definition) is 2. The molecule has 0 aromatic carbocycles. The second-order valence-corrected chi connectivity index (χ2v) is 4.45. The SMILES string of the molecule is CCCC1(C)CC(F)CN1.CCCC=O. The van der Waals surface area contributed by atoms with Crippen LogP contribution < -0.4 is 5.32 Å². The minimum absolute atomic E-state index is 0.0914. The zero-order chi connectivity index (χ0) is 11.7. The number of carbonyl (C=O) groups is 1. The molecule has 0 spiro atoms. The molecule has 1 rings (SSSR count). The van der Waals surface area contributed by atoms with Crippen molar-refractivity contribution in [2.75, 3.05) is 6.54 Å². The van der Waals surface area contributed by atoms with Crippen LogP contribution in [0.25, 0.3) is 0 Å². The van der Waals surface area contributed by atoms with Gasteiger partial charge in [-0.2, -0.15) is 0 Å². The number of hydrogen-bond donors (Lipinski definition) is 1.